The molecular formula is C17H19BrO5. The zero-order valence-corrected chi connectivity index (χ0v) is 14.7. The Morgan fingerprint density at radius 2 is 2.17 bits per heavy atom. The molecule has 0 aromatic heterocycles. The van der Waals surface area contributed by atoms with E-state index in [9.17, 15) is 9.59 Å². The number of ether oxygens (including phenoxy) is 3. The Morgan fingerprint density at radius 1 is 1.39 bits per heavy atom. The van der Waals surface area contributed by atoms with Gasteiger partial charge in [0.05, 0.1) is 25.1 Å². The lowest BCUT2D eigenvalue weighted by Gasteiger charge is -2.26. The molecule has 1 aliphatic rings. The van der Waals surface area contributed by atoms with Gasteiger partial charge in [-0.2, -0.15) is 0 Å². The number of carbonyl (C=O) groups excluding carboxylic acids is 2. The molecule has 0 saturated heterocycles. The summed E-state index contributed by atoms with van der Waals surface area (Å²) >= 11 is 3.40. The summed E-state index contributed by atoms with van der Waals surface area (Å²) in [7, 11) is 2.91. The highest BCUT2D eigenvalue weighted by Crippen LogP contribution is 2.40. The zero-order chi connectivity index (χ0) is 16.8. The lowest BCUT2D eigenvalue weighted by molar-refractivity contribution is -0.140. The van der Waals surface area contributed by atoms with E-state index in [1.807, 2.05) is 6.08 Å². The molecule has 0 bridgehead atoms. The summed E-state index contributed by atoms with van der Waals surface area (Å²) in [6, 6.07) is 3.35. The van der Waals surface area contributed by atoms with Crippen LogP contribution in [0.1, 0.15) is 36.0 Å². The van der Waals surface area contributed by atoms with Crippen LogP contribution in [0.3, 0.4) is 0 Å². The standard InChI is InChI=1S/C17H19BrO5/c1-21-14-8-7-12(10-19)16(18)17(14)23-13-6-4-3-5-11(13)9-15(20)22-2/h5,7-8,10,13H,3-4,6,9H2,1-2H3. The molecule has 0 fully saturated rings. The van der Waals surface area contributed by atoms with Crippen LogP contribution in [0.25, 0.3) is 0 Å². The second kappa shape index (κ2) is 8.15. The Kier molecular flexibility index (Phi) is 6.21. The third-order valence-corrected chi connectivity index (χ3v) is 4.58. The van der Waals surface area contributed by atoms with Crippen LogP contribution in [0.5, 0.6) is 11.5 Å². The van der Waals surface area contributed by atoms with Gasteiger partial charge in [0.25, 0.3) is 0 Å². The van der Waals surface area contributed by atoms with Crippen molar-refractivity contribution in [2.45, 2.75) is 31.8 Å². The highest BCUT2D eigenvalue weighted by Gasteiger charge is 2.25. The molecule has 1 aliphatic carbocycles. The maximum Gasteiger partial charge on any atom is 0.309 e. The Balaban J connectivity index is 2.29. The van der Waals surface area contributed by atoms with Crippen molar-refractivity contribution in [1.29, 1.82) is 0 Å². The van der Waals surface area contributed by atoms with Crippen LogP contribution >= 0.6 is 15.9 Å². The first-order valence-electron chi connectivity index (χ1n) is 7.34. The van der Waals surface area contributed by atoms with Crippen LogP contribution in [0.4, 0.5) is 0 Å². The number of methoxy groups -OCH3 is 2. The molecular weight excluding hydrogens is 364 g/mol. The Labute approximate surface area is 143 Å². The number of hydrogen-bond acceptors (Lipinski definition) is 5. The van der Waals surface area contributed by atoms with Gasteiger partial charge in [0.1, 0.15) is 6.10 Å². The summed E-state index contributed by atoms with van der Waals surface area (Å²) in [5, 5.41) is 0. The molecule has 1 aromatic rings. The fraction of sp³-hybridized carbons (Fsp3) is 0.412. The van der Waals surface area contributed by atoms with Crippen molar-refractivity contribution in [2.75, 3.05) is 14.2 Å². The van der Waals surface area contributed by atoms with Crippen molar-refractivity contribution in [1.82, 2.24) is 0 Å². The molecule has 0 amide bonds. The molecule has 0 aliphatic heterocycles. The van der Waals surface area contributed by atoms with E-state index in [4.69, 9.17) is 14.2 Å². The number of hydrogen-bond donors (Lipinski definition) is 0. The SMILES string of the molecule is COC(=O)CC1=CCCCC1Oc1c(OC)ccc(C=O)c1Br. The number of rotatable bonds is 6. The molecule has 23 heavy (non-hydrogen) atoms. The van der Waals surface area contributed by atoms with Crippen molar-refractivity contribution < 1.29 is 23.8 Å². The smallest absolute Gasteiger partial charge is 0.309 e. The van der Waals surface area contributed by atoms with Crippen molar-refractivity contribution in [3.8, 4) is 11.5 Å². The number of aldehydes is 1. The van der Waals surface area contributed by atoms with Gasteiger partial charge in [-0.05, 0) is 52.9 Å². The second-order valence-corrected chi connectivity index (χ2v) is 5.98. The summed E-state index contributed by atoms with van der Waals surface area (Å²) in [5.74, 6) is 0.713. The Hall–Kier alpha value is -1.82. The minimum absolute atomic E-state index is 0.203. The summed E-state index contributed by atoms with van der Waals surface area (Å²) < 4.78 is 16.7. The fourth-order valence-corrected chi connectivity index (χ4v) is 3.04. The fourth-order valence-electron chi connectivity index (χ4n) is 2.52. The molecule has 0 spiro atoms. The van der Waals surface area contributed by atoms with Gasteiger partial charge in [0.2, 0.25) is 0 Å². The molecule has 1 unspecified atom stereocenters. The summed E-state index contributed by atoms with van der Waals surface area (Å²) in [6.45, 7) is 0. The van der Waals surface area contributed by atoms with E-state index in [1.165, 1.54) is 7.11 Å². The van der Waals surface area contributed by atoms with Gasteiger partial charge in [0, 0.05) is 5.56 Å². The molecule has 0 saturated carbocycles. The molecule has 0 N–H and O–H groups in total. The lowest BCUT2D eigenvalue weighted by Crippen LogP contribution is -2.24. The van der Waals surface area contributed by atoms with Crippen LogP contribution in [0.2, 0.25) is 0 Å². The van der Waals surface area contributed by atoms with Crippen molar-refractivity contribution >= 4 is 28.2 Å². The van der Waals surface area contributed by atoms with Crippen LogP contribution in [-0.2, 0) is 9.53 Å². The topological polar surface area (TPSA) is 61.8 Å². The Bertz CT molecular complexity index is 624. The van der Waals surface area contributed by atoms with Gasteiger partial charge in [-0.25, -0.2) is 0 Å². The second-order valence-electron chi connectivity index (χ2n) is 5.19. The van der Waals surface area contributed by atoms with E-state index >= 15 is 0 Å². The van der Waals surface area contributed by atoms with Crippen molar-refractivity contribution in [2.24, 2.45) is 0 Å². The lowest BCUT2D eigenvalue weighted by atomic mass is 9.94. The summed E-state index contributed by atoms with van der Waals surface area (Å²) in [5.41, 5.74) is 1.38. The van der Waals surface area contributed by atoms with Crippen LogP contribution in [0.15, 0.2) is 28.3 Å². The van der Waals surface area contributed by atoms with Gasteiger partial charge in [-0.1, -0.05) is 6.08 Å². The normalized spacial score (nSPS) is 17.2. The quantitative estimate of drug-likeness (QED) is 0.426. The highest BCUT2D eigenvalue weighted by atomic mass is 79.9. The van der Waals surface area contributed by atoms with Crippen LogP contribution in [0, 0.1) is 0 Å². The molecule has 124 valence electrons. The molecule has 5 nitrogen and oxygen atoms in total. The Morgan fingerprint density at radius 3 is 2.83 bits per heavy atom. The molecule has 6 heteroatoms. The molecule has 0 heterocycles. The van der Waals surface area contributed by atoms with E-state index in [0.29, 0.717) is 21.5 Å². The molecule has 1 aromatic carbocycles. The summed E-state index contributed by atoms with van der Waals surface area (Å²) in [6.07, 6.45) is 5.42. The van der Waals surface area contributed by atoms with E-state index < -0.39 is 0 Å². The first-order valence-corrected chi connectivity index (χ1v) is 8.14. The maximum absolute atomic E-state index is 11.6. The van der Waals surface area contributed by atoms with E-state index in [-0.39, 0.29) is 18.5 Å². The number of allylic oxidation sites excluding steroid dienone is 1. The monoisotopic (exact) mass is 382 g/mol. The van der Waals surface area contributed by atoms with Crippen LogP contribution < -0.4 is 9.47 Å². The van der Waals surface area contributed by atoms with E-state index in [2.05, 4.69) is 15.9 Å². The van der Waals surface area contributed by atoms with Crippen LogP contribution in [-0.4, -0.2) is 32.6 Å². The molecule has 1 atom stereocenters. The zero-order valence-electron chi connectivity index (χ0n) is 13.1. The van der Waals surface area contributed by atoms with Gasteiger partial charge in [0.15, 0.2) is 17.8 Å². The molecule has 2 rings (SSSR count). The highest BCUT2D eigenvalue weighted by molar-refractivity contribution is 9.10. The van der Waals surface area contributed by atoms with E-state index in [1.54, 1.807) is 19.2 Å². The van der Waals surface area contributed by atoms with Crippen molar-refractivity contribution in [3.63, 3.8) is 0 Å². The van der Waals surface area contributed by atoms with Gasteiger partial charge in [-0.3, -0.25) is 9.59 Å². The van der Waals surface area contributed by atoms with E-state index in [0.717, 1.165) is 31.1 Å². The third-order valence-electron chi connectivity index (χ3n) is 3.76. The van der Waals surface area contributed by atoms with Gasteiger partial charge < -0.3 is 14.2 Å². The summed E-state index contributed by atoms with van der Waals surface area (Å²) in [4.78, 5) is 22.7. The minimum atomic E-state index is -0.292. The average molecular weight is 383 g/mol. The number of esters is 1. The predicted molar refractivity (Wildman–Crippen MR) is 89.1 cm³/mol. The largest absolute Gasteiger partial charge is 0.493 e. The van der Waals surface area contributed by atoms with Crippen molar-refractivity contribution in [3.05, 3.63) is 33.8 Å². The third kappa shape index (κ3) is 4.13. The van der Waals surface area contributed by atoms with Gasteiger partial charge in [-0.15, -0.1) is 0 Å². The predicted octanol–water partition coefficient (Wildman–Crippen LogP) is 3.69. The first kappa shape index (κ1) is 17.5. The molecule has 0 radical (unpaired) electrons. The number of carbonyl (C=O) groups is 2. The number of halogens is 1. The number of benzene rings is 1. The first-order chi connectivity index (χ1) is 11.1. The minimum Gasteiger partial charge on any atom is -0.493 e. The average Bonchev–Trinajstić information content (AvgIpc) is 2.58. The maximum atomic E-state index is 11.6. The van der Waals surface area contributed by atoms with Gasteiger partial charge >= 0.3 is 5.97 Å².